The summed E-state index contributed by atoms with van der Waals surface area (Å²) in [6.07, 6.45) is 3.38. The predicted molar refractivity (Wildman–Crippen MR) is 99.6 cm³/mol. The lowest BCUT2D eigenvalue weighted by Crippen LogP contribution is -2.29. The molecule has 0 bridgehead atoms. The normalized spacial score (nSPS) is 11.2. The van der Waals surface area contributed by atoms with Crippen molar-refractivity contribution >= 4 is 11.6 Å². The van der Waals surface area contributed by atoms with Crippen molar-refractivity contribution in [2.75, 3.05) is 6.54 Å². The zero-order valence-corrected chi connectivity index (χ0v) is 15.0. The van der Waals surface area contributed by atoms with E-state index < -0.39 is 0 Å². The summed E-state index contributed by atoms with van der Waals surface area (Å²) >= 11 is 0. The molecule has 0 unspecified atom stereocenters. The number of aryl methyl sites for hydroxylation is 1. The van der Waals surface area contributed by atoms with E-state index in [1.54, 1.807) is 6.20 Å². The first-order chi connectivity index (χ1) is 12.1. The van der Waals surface area contributed by atoms with E-state index in [0.29, 0.717) is 18.0 Å². The molecule has 0 spiro atoms. The van der Waals surface area contributed by atoms with Crippen LogP contribution in [0.2, 0.25) is 0 Å². The van der Waals surface area contributed by atoms with Crippen LogP contribution in [0.3, 0.4) is 0 Å². The van der Waals surface area contributed by atoms with Gasteiger partial charge in [-0.3, -0.25) is 4.79 Å². The van der Waals surface area contributed by atoms with E-state index >= 15 is 0 Å². The molecule has 0 aliphatic carbocycles. The Morgan fingerprint density at radius 2 is 2.00 bits per heavy atom. The van der Waals surface area contributed by atoms with Gasteiger partial charge >= 0.3 is 0 Å². The highest BCUT2D eigenvalue weighted by Gasteiger charge is 2.17. The Hall–Kier alpha value is -2.69. The molecule has 0 saturated carbocycles. The van der Waals surface area contributed by atoms with E-state index in [1.165, 1.54) is 0 Å². The monoisotopic (exact) mass is 336 g/mol. The van der Waals surface area contributed by atoms with Crippen molar-refractivity contribution in [3.63, 3.8) is 0 Å². The smallest absolute Gasteiger partial charge is 0.254 e. The lowest BCUT2D eigenvalue weighted by atomic mass is 10.1. The zero-order chi connectivity index (χ0) is 17.8. The first-order valence-corrected chi connectivity index (χ1v) is 8.81. The number of fused-ring (bicyclic) bond motifs is 1. The second-order valence-electron chi connectivity index (χ2n) is 6.64. The second-order valence-corrected chi connectivity index (χ2v) is 6.64. The number of aromatic nitrogens is 3. The standard InChI is InChI=1S/C20H24N4O/c1-4-8-18-16(20(25)22-12-14(2)3)13-21-19-11-17(23-24(18)19)15-9-6-5-7-10-15/h5-7,9-11,13-14H,4,8,12H2,1-3H3,(H,22,25). The SMILES string of the molecule is CCCc1c(C(=O)NCC(C)C)cnc2cc(-c3ccccc3)nn12. The summed E-state index contributed by atoms with van der Waals surface area (Å²) in [7, 11) is 0. The van der Waals surface area contributed by atoms with E-state index in [1.807, 2.05) is 40.9 Å². The quantitative estimate of drug-likeness (QED) is 0.746. The molecular weight excluding hydrogens is 312 g/mol. The minimum atomic E-state index is -0.0803. The summed E-state index contributed by atoms with van der Waals surface area (Å²) in [6.45, 7) is 6.91. The highest BCUT2D eigenvalue weighted by atomic mass is 16.1. The summed E-state index contributed by atoms with van der Waals surface area (Å²) in [5, 5.41) is 7.69. The van der Waals surface area contributed by atoms with Crippen molar-refractivity contribution in [1.29, 1.82) is 0 Å². The summed E-state index contributed by atoms with van der Waals surface area (Å²) < 4.78 is 1.82. The van der Waals surface area contributed by atoms with Crippen molar-refractivity contribution < 1.29 is 4.79 Å². The first-order valence-electron chi connectivity index (χ1n) is 8.81. The molecule has 5 nitrogen and oxygen atoms in total. The number of amides is 1. The van der Waals surface area contributed by atoms with Gasteiger partial charge in [-0.1, -0.05) is 57.5 Å². The van der Waals surface area contributed by atoms with Crippen LogP contribution in [0.5, 0.6) is 0 Å². The maximum Gasteiger partial charge on any atom is 0.254 e. The van der Waals surface area contributed by atoms with Crippen LogP contribution in [0.4, 0.5) is 0 Å². The fraction of sp³-hybridized carbons (Fsp3) is 0.350. The number of benzene rings is 1. The number of hydrogen-bond acceptors (Lipinski definition) is 3. The van der Waals surface area contributed by atoms with E-state index in [2.05, 4.69) is 31.1 Å². The molecule has 0 aliphatic rings. The Morgan fingerprint density at radius 1 is 1.24 bits per heavy atom. The summed E-state index contributed by atoms with van der Waals surface area (Å²) in [5.74, 6) is 0.327. The highest BCUT2D eigenvalue weighted by molar-refractivity contribution is 5.95. The van der Waals surface area contributed by atoms with Crippen LogP contribution in [0, 0.1) is 5.92 Å². The molecule has 0 radical (unpaired) electrons. The topological polar surface area (TPSA) is 59.3 Å². The molecule has 0 aliphatic heterocycles. The molecule has 1 amide bonds. The van der Waals surface area contributed by atoms with Crippen molar-refractivity contribution in [1.82, 2.24) is 19.9 Å². The van der Waals surface area contributed by atoms with E-state index in [4.69, 9.17) is 5.10 Å². The highest BCUT2D eigenvalue weighted by Crippen LogP contribution is 2.21. The Morgan fingerprint density at radius 3 is 2.68 bits per heavy atom. The van der Waals surface area contributed by atoms with Crippen LogP contribution >= 0.6 is 0 Å². The van der Waals surface area contributed by atoms with Gasteiger partial charge in [0.15, 0.2) is 5.65 Å². The molecule has 3 aromatic rings. The maximum atomic E-state index is 12.6. The van der Waals surface area contributed by atoms with Crippen molar-refractivity contribution in [2.24, 2.45) is 5.92 Å². The minimum Gasteiger partial charge on any atom is -0.352 e. The van der Waals surface area contributed by atoms with Gasteiger partial charge in [0, 0.05) is 24.4 Å². The van der Waals surface area contributed by atoms with Crippen molar-refractivity contribution in [2.45, 2.75) is 33.6 Å². The molecule has 2 aromatic heterocycles. The molecule has 25 heavy (non-hydrogen) atoms. The fourth-order valence-electron chi connectivity index (χ4n) is 2.79. The molecule has 0 atom stereocenters. The molecule has 3 rings (SSSR count). The number of nitrogens with zero attached hydrogens (tertiary/aromatic N) is 3. The average molecular weight is 336 g/mol. The summed E-state index contributed by atoms with van der Waals surface area (Å²) in [6, 6.07) is 12.0. The molecule has 2 heterocycles. The second kappa shape index (κ2) is 7.47. The summed E-state index contributed by atoms with van der Waals surface area (Å²) in [4.78, 5) is 17.0. The van der Waals surface area contributed by atoms with E-state index in [9.17, 15) is 4.79 Å². The third kappa shape index (κ3) is 3.71. The Balaban J connectivity index is 2.04. The number of hydrogen-bond donors (Lipinski definition) is 1. The molecule has 0 fully saturated rings. The van der Waals surface area contributed by atoms with Crippen molar-refractivity contribution in [3.05, 3.63) is 53.9 Å². The Kier molecular flexibility index (Phi) is 5.12. The van der Waals surface area contributed by atoms with Gasteiger partial charge in [-0.05, 0) is 12.3 Å². The lowest BCUT2D eigenvalue weighted by molar-refractivity contribution is 0.0947. The molecule has 130 valence electrons. The van der Waals surface area contributed by atoms with Crippen molar-refractivity contribution in [3.8, 4) is 11.3 Å². The predicted octanol–water partition coefficient (Wildman–Crippen LogP) is 3.73. The Labute approximate surface area is 148 Å². The van der Waals surface area contributed by atoms with E-state index in [-0.39, 0.29) is 5.91 Å². The van der Waals surface area contributed by atoms with Gasteiger partial charge in [0.05, 0.1) is 17.0 Å². The van der Waals surface area contributed by atoms with Crippen LogP contribution in [0.15, 0.2) is 42.6 Å². The van der Waals surface area contributed by atoms with Gasteiger partial charge in [0.1, 0.15) is 0 Å². The third-order valence-corrected chi connectivity index (χ3v) is 4.05. The van der Waals surface area contributed by atoms with Crippen LogP contribution < -0.4 is 5.32 Å². The Bertz CT molecular complexity index is 868. The van der Waals surface area contributed by atoms with Gasteiger partial charge in [0.25, 0.3) is 5.91 Å². The molecular formula is C20H24N4O. The van der Waals surface area contributed by atoms with E-state index in [0.717, 1.165) is 35.4 Å². The fourth-order valence-corrected chi connectivity index (χ4v) is 2.79. The van der Waals surface area contributed by atoms with Gasteiger partial charge in [0.2, 0.25) is 0 Å². The van der Waals surface area contributed by atoms with Crippen LogP contribution in [-0.4, -0.2) is 27.0 Å². The molecule has 5 heteroatoms. The first kappa shape index (κ1) is 17.1. The van der Waals surface area contributed by atoms with Gasteiger partial charge < -0.3 is 5.32 Å². The molecule has 1 aromatic carbocycles. The number of carbonyl (C=O) groups is 1. The molecule has 1 N–H and O–H groups in total. The number of carbonyl (C=O) groups excluding carboxylic acids is 1. The summed E-state index contributed by atoms with van der Waals surface area (Å²) in [5.41, 5.74) is 4.20. The van der Waals surface area contributed by atoms with Gasteiger partial charge in [-0.25, -0.2) is 9.50 Å². The molecule has 0 saturated heterocycles. The van der Waals surface area contributed by atoms with Crippen LogP contribution in [-0.2, 0) is 6.42 Å². The lowest BCUT2D eigenvalue weighted by Gasteiger charge is -2.12. The maximum absolute atomic E-state index is 12.6. The number of rotatable bonds is 6. The van der Waals surface area contributed by atoms with Crippen LogP contribution in [0.1, 0.15) is 43.2 Å². The van der Waals surface area contributed by atoms with Gasteiger partial charge in [-0.2, -0.15) is 5.10 Å². The minimum absolute atomic E-state index is 0.0803. The average Bonchev–Trinajstić information content (AvgIpc) is 3.05. The largest absolute Gasteiger partial charge is 0.352 e. The van der Waals surface area contributed by atoms with Gasteiger partial charge in [-0.15, -0.1) is 0 Å². The number of nitrogens with one attached hydrogen (secondary N) is 1. The van der Waals surface area contributed by atoms with Crippen LogP contribution in [0.25, 0.3) is 16.9 Å². The third-order valence-electron chi connectivity index (χ3n) is 4.05. The zero-order valence-electron chi connectivity index (χ0n) is 15.0.